The van der Waals surface area contributed by atoms with Gasteiger partial charge in [0.1, 0.15) is 10.7 Å². The second kappa shape index (κ2) is 5.44. The molecule has 6 nitrogen and oxygen atoms in total. The molecule has 7 heteroatoms. The molecule has 0 radical (unpaired) electrons. The minimum Gasteiger partial charge on any atom is -0.370 e. The summed E-state index contributed by atoms with van der Waals surface area (Å²) in [6, 6.07) is 3.11. The van der Waals surface area contributed by atoms with Crippen molar-refractivity contribution in [2.75, 3.05) is 25.0 Å². The summed E-state index contributed by atoms with van der Waals surface area (Å²) in [6.07, 6.45) is 3.52. The molecule has 0 unspecified atom stereocenters. The van der Waals surface area contributed by atoms with E-state index in [1.54, 1.807) is 6.07 Å². The molecular weight excluding hydrogens is 264 g/mol. The van der Waals surface area contributed by atoms with Crippen LogP contribution in [0.25, 0.3) is 0 Å². The maximum absolute atomic E-state index is 11.1. The Balaban J connectivity index is 1.96. The van der Waals surface area contributed by atoms with Gasteiger partial charge in [0.2, 0.25) is 10.0 Å². The third kappa shape index (κ3) is 3.89. The van der Waals surface area contributed by atoms with Crippen molar-refractivity contribution in [2.24, 2.45) is 10.6 Å². The zero-order chi connectivity index (χ0) is 13.9. The van der Waals surface area contributed by atoms with Gasteiger partial charge in [0.15, 0.2) is 0 Å². The number of piperidine rings is 1. The SMILES string of the molecule is CC1(CNc2ccc(S(N)(=O)=O)cn2)CCNCC1. The van der Waals surface area contributed by atoms with Crippen LogP contribution >= 0.6 is 0 Å². The first-order chi connectivity index (χ1) is 8.89. The number of primary sulfonamides is 1. The Morgan fingerprint density at radius 1 is 1.42 bits per heavy atom. The van der Waals surface area contributed by atoms with Crippen molar-refractivity contribution >= 4 is 15.8 Å². The fourth-order valence-electron chi connectivity index (χ4n) is 2.16. The van der Waals surface area contributed by atoms with Gasteiger partial charge in [0, 0.05) is 12.7 Å². The number of nitrogens with two attached hydrogens (primary N) is 1. The van der Waals surface area contributed by atoms with E-state index >= 15 is 0 Å². The number of rotatable bonds is 4. The van der Waals surface area contributed by atoms with Crippen molar-refractivity contribution < 1.29 is 8.42 Å². The lowest BCUT2D eigenvalue weighted by molar-refractivity contribution is 0.247. The Kier molecular flexibility index (Phi) is 4.07. The summed E-state index contributed by atoms with van der Waals surface area (Å²) in [5, 5.41) is 11.6. The number of aromatic nitrogens is 1. The zero-order valence-corrected chi connectivity index (χ0v) is 11.8. The second-order valence-corrected chi connectivity index (χ2v) is 6.90. The van der Waals surface area contributed by atoms with E-state index < -0.39 is 10.0 Å². The Labute approximate surface area is 113 Å². The van der Waals surface area contributed by atoms with Gasteiger partial charge in [-0.15, -0.1) is 0 Å². The Bertz CT molecular complexity index is 521. The molecule has 19 heavy (non-hydrogen) atoms. The van der Waals surface area contributed by atoms with E-state index in [4.69, 9.17) is 5.14 Å². The first kappa shape index (κ1) is 14.2. The van der Waals surface area contributed by atoms with Gasteiger partial charge in [0.05, 0.1) is 0 Å². The summed E-state index contributed by atoms with van der Waals surface area (Å²) in [7, 11) is -3.67. The summed E-state index contributed by atoms with van der Waals surface area (Å²) >= 11 is 0. The largest absolute Gasteiger partial charge is 0.370 e. The summed E-state index contributed by atoms with van der Waals surface area (Å²) in [4.78, 5) is 4.11. The van der Waals surface area contributed by atoms with E-state index in [9.17, 15) is 8.42 Å². The van der Waals surface area contributed by atoms with E-state index in [-0.39, 0.29) is 10.3 Å². The average Bonchev–Trinajstić information content (AvgIpc) is 2.37. The maximum atomic E-state index is 11.1. The molecule has 106 valence electrons. The lowest BCUT2D eigenvalue weighted by Gasteiger charge is -2.34. The Hall–Kier alpha value is -1.18. The smallest absolute Gasteiger partial charge is 0.239 e. The van der Waals surface area contributed by atoms with Gasteiger partial charge in [-0.3, -0.25) is 0 Å². The molecule has 1 aliphatic rings. The molecule has 1 aliphatic heterocycles. The monoisotopic (exact) mass is 284 g/mol. The van der Waals surface area contributed by atoms with Crippen LogP contribution < -0.4 is 15.8 Å². The van der Waals surface area contributed by atoms with Crippen molar-refractivity contribution in [1.29, 1.82) is 0 Å². The van der Waals surface area contributed by atoms with Gasteiger partial charge >= 0.3 is 0 Å². The number of nitrogens with one attached hydrogen (secondary N) is 2. The van der Waals surface area contributed by atoms with Crippen LogP contribution in [0, 0.1) is 5.41 Å². The number of sulfonamides is 1. The molecule has 0 bridgehead atoms. The highest BCUT2D eigenvalue weighted by molar-refractivity contribution is 7.89. The molecule has 0 amide bonds. The minimum atomic E-state index is -3.67. The van der Waals surface area contributed by atoms with Crippen molar-refractivity contribution in [2.45, 2.75) is 24.7 Å². The van der Waals surface area contributed by atoms with Crippen LogP contribution in [0.5, 0.6) is 0 Å². The standard InChI is InChI=1S/C12H20N4O2S/c1-12(4-6-14-7-5-12)9-16-11-3-2-10(8-15-11)19(13,17)18/h2-3,8,14H,4-7,9H2,1H3,(H,15,16)(H2,13,17,18). The van der Waals surface area contributed by atoms with Crippen molar-refractivity contribution in [3.05, 3.63) is 18.3 Å². The van der Waals surface area contributed by atoms with Crippen molar-refractivity contribution in [3.8, 4) is 0 Å². The molecule has 0 atom stereocenters. The molecule has 0 saturated carbocycles. The maximum Gasteiger partial charge on any atom is 0.239 e. The zero-order valence-electron chi connectivity index (χ0n) is 11.0. The quantitative estimate of drug-likeness (QED) is 0.749. The van der Waals surface area contributed by atoms with Crippen molar-refractivity contribution in [1.82, 2.24) is 10.3 Å². The molecule has 1 saturated heterocycles. The average molecular weight is 284 g/mol. The highest BCUT2D eigenvalue weighted by Crippen LogP contribution is 2.27. The Morgan fingerprint density at radius 3 is 2.63 bits per heavy atom. The number of hydrogen-bond donors (Lipinski definition) is 3. The molecule has 0 spiro atoms. The molecule has 2 rings (SSSR count). The highest BCUT2D eigenvalue weighted by atomic mass is 32.2. The van der Waals surface area contributed by atoms with E-state index in [0.717, 1.165) is 32.5 Å². The summed E-state index contributed by atoms with van der Waals surface area (Å²) in [5.74, 6) is 0.673. The lowest BCUT2D eigenvalue weighted by atomic mass is 9.81. The van der Waals surface area contributed by atoms with E-state index in [1.807, 2.05) is 0 Å². The molecule has 0 aromatic carbocycles. The van der Waals surface area contributed by atoms with Gasteiger partial charge in [-0.2, -0.15) is 0 Å². The molecule has 2 heterocycles. The van der Waals surface area contributed by atoms with E-state index in [2.05, 4.69) is 22.5 Å². The lowest BCUT2D eigenvalue weighted by Crippen LogP contribution is -2.39. The van der Waals surface area contributed by atoms with Gasteiger partial charge in [-0.25, -0.2) is 18.5 Å². The normalized spacial score (nSPS) is 19.1. The molecular formula is C12H20N4O2S. The van der Waals surface area contributed by atoms with Crippen LogP contribution in [0.15, 0.2) is 23.2 Å². The van der Waals surface area contributed by atoms with Crippen LogP contribution in [0.1, 0.15) is 19.8 Å². The summed E-state index contributed by atoms with van der Waals surface area (Å²) in [6.45, 7) is 5.15. The summed E-state index contributed by atoms with van der Waals surface area (Å²) in [5.41, 5.74) is 0.256. The molecule has 1 aromatic rings. The predicted molar refractivity (Wildman–Crippen MR) is 74.3 cm³/mol. The van der Waals surface area contributed by atoms with Crippen LogP contribution in [-0.2, 0) is 10.0 Å². The van der Waals surface area contributed by atoms with Crippen LogP contribution in [0.2, 0.25) is 0 Å². The fourth-order valence-corrected chi connectivity index (χ4v) is 2.62. The van der Waals surface area contributed by atoms with Crippen LogP contribution in [0.3, 0.4) is 0 Å². The molecule has 4 N–H and O–H groups in total. The van der Waals surface area contributed by atoms with Gasteiger partial charge < -0.3 is 10.6 Å². The molecule has 1 aromatic heterocycles. The number of nitrogens with zero attached hydrogens (tertiary/aromatic N) is 1. The topological polar surface area (TPSA) is 97.1 Å². The third-order valence-corrected chi connectivity index (χ3v) is 4.47. The fraction of sp³-hybridized carbons (Fsp3) is 0.583. The van der Waals surface area contributed by atoms with Crippen LogP contribution in [-0.4, -0.2) is 33.0 Å². The second-order valence-electron chi connectivity index (χ2n) is 5.34. The first-order valence-electron chi connectivity index (χ1n) is 6.33. The number of hydrogen-bond acceptors (Lipinski definition) is 5. The van der Waals surface area contributed by atoms with E-state index in [1.165, 1.54) is 12.3 Å². The highest BCUT2D eigenvalue weighted by Gasteiger charge is 2.26. The van der Waals surface area contributed by atoms with Gasteiger partial charge in [0.25, 0.3) is 0 Å². The van der Waals surface area contributed by atoms with Gasteiger partial charge in [-0.1, -0.05) is 6.92 Å². The molecule has 1 fully saturated rings. The van der Waals surface area contributed by atoms with Gasteiger partial charge in [-0.05, 0) is 43.5 Å². The van der Waals surface area contributed by atoms with E-state index in [0.29, 0.717) is 5.82 Å². The first-order valence-corrected chi connectivity index (χ1v) is 7.87. The number of pyridine rings is 1. The Morgan fingerprint density at radius 2 is 2.11 bits per heavy atom. The van der Waals surface area contributed by atoms with Crippen LogP contribution in [0.4, 0.5) is 5.82 Å². The third-order valence-electron chi connectivity index (χ3n) is 3.57. The minimum absolute atomic E-state index is 0.0335. The van der Waals surface area contributed by atoms with Crippen molar-refractivity contribution in [3.63, 3.8) is 0 Å². The number of anilines is 1. The predicted octanol–water partition coefficient (Wildman–Crippen LogP) is 0.531. The summed E-state index contributed by atoms with van der Waals surface area (Å²) < 4.78 is 22.2. The molecule has 0 aliphatic carbocycles.